The first-order valence-electron chi connectivity index (χ1n) is 9.05. The van der Waals surface area contributed by atoms with Gasteiger partial charge in [-0.2, -0.15) is 5.26 Å². The van der Waals surface area contributed by atoms with E-state index in [1.165, 1.54) is 5.56 Å². The Balaban J connectivity index is 1.79. The highest BCUT2D eigenvalue weighted by Crippen LogP contribution is 2.36. The van der Waals surface area contributed by atoms with Gasteiger partial charge in [0.1, 0.15) is 18.2 Å². The lowest BCUT2D eigenvalue weighted by molar-refractivity contribution is 0.292. The third-order valence-corrected chi connectivity index (χ3v) is 4.86. The lowest BCUT2D eigenvalue weighted by atomic mass is 9.86. The van der Waals surface area contributed by atoms with E-state index in [1.807, 2.05) is 48.5 Å². The molecule has 3 aromatic rings. The molecule has 4 rings (SSSR count). The highest BCUT2D eigenvalue weighted by atomic mass is 16.5. The molecule has 1 aromatic heterocycles. The zero-order valence-electron chi connectivity index (χ0n) is 14.6. The van der Waals surface area contributed by atoms with Crippen molar-refractivity contribution in [2.45, 2.75) is 32.3 Å². The van der Waals surface area contributed by atoms with Gasteiger partial charge < -0.3 is 4.74 Å². The maximum absolute atomic E-state index is 9.76. The fourth-order valence-electron chi connectivity index (χ4n) is 3.58. The quantitative estimate of drug-likeness (QED) is 0.665. The van der Waals surface area contributed by atoms with E-state index in [0.29, 0.717) is 18.1 Å². The molecule has 0 bridgehead atoms. The largest absolute Gasteiger partial charge is 0.472 e. The predicted molar refractivity (Wildman–Crippen MR) is 102 cm³/mol. The molecule has 1 heterocycles. The summed E-state index contributed by atoms with van der Waals surface area (Å²) in [7, 11) is 0. The zero-order chi connectivity index (χ0) is 17.8. The molecule has 0 radical (unpaired) electrons. The molecule has 0 atom stereocenters. The van der Waals surface area contributed by atoms with Crippen LogP contribution in [0.1, 0.15) is 35.1 Å². The van der Waals surface area contributed by atoms with E-state index in [0.717, 1.165) is 48.1 Å². The van der Waals surface area contributed by atoms with Crippen molar-refractivity contribution in [3.05, 3.63) is 82.9 Å². The fraction of sp³-hybridized carbons (Fsp3) is 0.217. The van der Waals surface area contributed by atoms with Crippen LogP contribution in [0.15, 0.2) is 60.7 Å². The van der Waals surface area contributed by atoms with Crippen molar-refractivity contribution in [1.29, 1.82) is 5.26 Å². The Morgan fingerprint density at radius 2 is 1.54 bits per heavy atom. The molecule has 0 saturated carbocycles. The lowest BCUT2D eigenvalue weighted by Crippen LogP contribution is -2.11. The highest BCUT2D eigenvalue weighted by Gasteiger charge is 2.23. The number of fused-ring (bicyclic) bond motifs is 1. The van der Waals surface area contributed by atoms with Crippen molar-refractivity contribution in [1.82, 2.24) is 4.98 Å². The van der Waals surface area contributed by atoms with Crippen LogP contribution in [-0.4, -0.2) is 4.98 Å². The van der Waals surface area contributed by atoms with Crippen LogP contribution in [-0.2, 0) is 19.4 Å². The molecule has 0 aliphatic heterocycles. The standard InChI is InChI=1S/C23H20N2O/c24-15-21-19-13-7-8-14-20(19)22(18-11-5-2-6-12-18)25-23(21)26-16-17-9-3-1-4-10-17/h1-6,9-12H,7-8,13-14,16H2. The van der Waals surface area contributed by atoms with Gasteiger partial charge in [0.05, 0.1) is 5.69 Å². The van der Waals surface area contributed by atoms with Gasteiger partial charge in [-0.05, 0) is 42.4 Å². The Labute approximate surface area is 153 Å². The number of aromatic nitrogens is 1. The summed E-state index contributed by atoms with van der Waals surface area (Å²) in [5.74, 6) is 0.454. The molecule has 26 heavy (non-hydrogen) atoms. The van der Waals surface area contributed by atoms with Gasteiger partial charge in [0.25, 0.3) is 0 Å². The molecule has 1 aliphatic carbocycles. The van der Waals surface area contributed by atoms with Gasteiger partial charge in [0, 0.05) is 5.56 Å². The Hall–Kier alpha value is -3.12. The number of nitrogens with zero attached hydrogens (tertiary/aromatic N) is 2. The van der Waals surface area contributed by atoms with Gasteiger partial charge in [0.2, 0.25) is 5.88 Å². The summed E-state index contributed by atoms with van der Waals surface area (Å²) in [6.45, 7) is 0.412. The van der Waals surface area contributed by atoms with Crippen LogP contribution in [0.5, 0.6) is 5.88 Å². The Morgan fingerprint density at radius 3 is 2.23 bits per heavy atom. The third-order valence-electron chi connectivity index (χ3n) is 4.86. The summed E-state index contributed by atoms with van der Waals surface area (Å²) in [6, 6.07) is 22.5. The van der Waals surface area contributed by atoms with Crippen LogP contribution >= 0.6 is 0 Å². The number of benzene rings is 2. The maximum atomic E-state index is 9.76. The topological polar surface area (TPSA) is 45.9 Å². The summed E-state index contributed by atoms with van der Waals surface area (Å²) in [5, 5.41) is 9.76. The molecule has 0 amide bonds. The second-order valence-electron chi connectivity index (χ2n) is 6.56. The molecule has 0 N–H and O–H groups in total. The van der Waals surface area contributed by atoms with Crippen molar-refractivity contribution in [3.8, 4) is 23.2 Å². The fourth-order valence-corrected chi connectivity index (χ4v) is 3.58. The average Bonchev–Trinajstić information content (AvgIpc) is 2.72. The number of rotatable bonds is 4. The van der Waals surface area contributed by atoms with Crippen LogP contribution in [0.25, 0.3) is 11.3 Å². The molecule has 128 valence electrons. The Bertz CT molecular complexity index is 943. The molecule has 0 spiro atoms. The number of nitriles is 1. The van der Waals surface area contributed by atoms with Crippen LogP contribution in [0.4, 0.5) is 0 Å². The second-order valence-corrected chi connectivity index (χ2v) is 6.56. The van der Waals surface area contributed by atoms with Gasteiger partial charge in [0.15, 0.2) is 0 Å². The summed E-state index contributed by atoms with van der Waals surface area (Å²) in [4.78, 5) is 4.80. The van der Waals surface area contributed by atoms with E-state index in [2.05, 4.69) is 18.2 Å². The number of pyridine rings is 1. The minimum Gasteiger partial charge on any atom is -0.472 e. The van der Waals surface area contributed by atoms with E-state index >= 15 is 0 Å². The molecule has 0 saturated heterocycles. The molecule has 1 aliphatic rings. The summed E-state index contributed by atoms with van der Waals surface area (Å²) < 4.78 is 6.01. The number of hydrogen-bond acceptors (Lipinski definition) is 3. The van der Waals surface area contributed by atoms with E-state index in [4.69, 9.17) is 9.72 Å². The first-order valence-corrected chi connectivity index (χ1v) is 9.05. The van der Waals surface area contributed by atoms with Crippen LogP contribution < -0.4 is 4.74 Å². The molecular formula is C23H20N2O. The first kappa shape index (κ1) is 16.4. The van der Waals surface area contributed by atoms with Gasteiger partial charge in [-0.1, -0.05) is 60.7 Å². The van der Waals surface area contributed by atoms with E-state index in [-0.39, 0.29) is 0 Å². The number of hydrogen-bond donors (Lipinski definition) is 0. The normalized spacial score (nSPS) is 12.9. The van der Waals surface area contributed by atoms with Crippen molar-refractivity contribution in [2.24, 2.45) is 0 Å². The average molecular weight is 340 g/mol. The molecule has 3 nitrogen and oxygen atoms in total. The van der Waals surface area contributed by atoms with E-state index in [1.54, 1.807) is 0 Å². The SMILES string of the molecule is N#Cc1c(OCc2ccccc2)nc(-c2ccccc2)c2c1CCCC2. The highest BCUT2D eigenvalue weighted by molar-refractivity contribution is 5.69. The molecule has 0 unspecified atom stereocenters. The van der Waals surface area contributed by atoms with Crippen LogP contribution in [0.2, 0.25) is 0 Å². The number of ether oxygens (including phenoxy) is 1. The van der Waals surface area contributed by atoms with Gasteiger partial charge in [-0.15, -0.1) is 0 Å². The summed E-state index contributed by atoms with van der Waals surface area (Å²) in [6.07, 6.45) is 4.14. The third kappa shape index (κ3) is 3.19. The monoisotopic (exact) mass is 340 g/mol. The molecule has 3 heteroatoms. The minimum absolute atomic E-state index is 0.412. The van der Waals surface area contributed by atoms with Crippen molar-refractivity contribution < 1.29 is 4.74 Å². The van der Waals surface area contributed by atoms with Gasteiger partial charge in [-0.3, -0.25) is 0 Å². The minimum atomic E-state index is 0.412. The first-order chi connectivity index (χ1) is 12.9. The van der Waals surface area contributed by atoms with Crippen molar-refractivity contribution >= 4 is 0 Å². The summed E-state index contributed by atoms with van der Waals surface area (Å²) in [5.41, 5.74) is 6.05. The van der Waals surface area contributed by atoms with E-state index in [9.17, 15) is 5.26 Å². The molecular weight excluding hydrogens is 320 g/mol. The van der Waals surface area contributed by atoms with Crippen LogP contribution in [0, 0.1) is 11.3 Å². The second kappa shape index (κ2) is 7.41. The Morgan fingerprint density at radius 1 is 0.885 bits per heavy atom. The maximum Gasteiger partial charge on any atom is 0.232 e. The molecule has 2 aromatic carbocycles. The van der Waals surface area contributed by atoms with Gasteiger partial charge >= 0.3 is 0 Å². The Kier molecular flexibility index (Phi) is 4.66. The smallest absolute Gasteiger partial charge is 0.232 e. The predicted octanol–water partition coefficient (Wildman–Crippen LogP) is 5.08. The van der Waals surface area contributed by atoms with E-state index < -0.39 is 0 Å². The molecule has 0 fully saturated rings. The van der Waals surface area contributed by atoms with Crippen molar-refractivity contribution in [3.63, 3.8) is 0 Å². The zero-order valence-corrected chi connectivity index (χ0v) is 14.6. The van der Waals surface area contributed by atoms with Crippen molar-refractivity contribution in [2.75, 3.05) is 0 Å². The lowest BCUT2D eigenvalue weighted by Gasteiger charge is -2.22. The summed E-state index contributed by atoms with van der Waals surface area (Å²) >= 11 is 0. The van der Waals surface area contributed by atoms with Gasteiger partial charge in [-0.25, -0.2) is 4.98 Å². The van der Waals surface area contributed by atoms with Crippen LogP contribution in [0.3, 0.4) is 0 Å².